The third-order valence-corrected chi connectivity index (χ3v) is 6.31. The standard InChI is InChI=1S/C22H17ClN6OS/c1-14-16-10-19(31-22(16)29(27-14)18-5-3-2-4-17(18)23)21(30)26-12-15-6-7-20(25-11-15)28-9-8-24-13-28/h2-11,13H,12H2,1H3,(H,26,30). The molecule has 1 N–H and O–H groups in total. The van der Waals surface area contributed by atoms with E-state index in [0.717, 1.165) is 33.0 Å². The number of para-hydroxylation sites is 1. The molecule has 0 aliphatic rings. The molecule has 5 aromatic rings. The first-order valence-corrected chi connectivity index (χ1v) is 10.7. The minimum Gasteiger partial charge on any atom is -0.347 e. The van der Waals surface area contributed by atoms with E-state index in [4.69, 9.17) is 11.6 Å². The van der Waals surface area contributed by atoms with Crippen molar-refractivity contribution in [3.63, 3.8) is 0 Å². The van der Waals surface area contributed by atoms with Crippen LogP contribution in [0.2, 0.25) is 5.02 Å². The fraction of sp³-hybridized carbons (Fsp3) is 0.0909. The van der Waals surface area contributed by atoms with Gasteiger partial charge in [-0.3, -0.25) is 9.36 Å². The van der Waals surface area contributed by atoms with Crippen LogP contribution in [0, 0.1) is 6.92 Å². The normalized spacial score (nSPS) is 11.2. The summed E-state index contributed by atoms with van der Waals surface area (Å²) in [6.45, 7) is 2.32. The van der Waals surface area contributed by atoms with Crippen molar-refractivity contribution in [1.29, 1.82) is 0 Å². The third kappa shape index (κ3) is 3.71. The zero-order valence-electron chi connectivity index (χ0n) is 16.5. The van der Waals surface area contributed by atoms with Crippen molar-refractivity contribution in [3.05, 3.63) is 88.5 Å². The van der Waals surface area contributed by atoms with Crippen LogP contribution in [0.5, 0.6) is 0 Å². The summed E-state index contributed by atoms with van der Waals surface area (Å²) in [5, 5.41) is 9.12. The number of pyridine rings is 1. The highest BCUT2D eigenvalue weighted by atomic mass is 35.5. The Morgan fingerprint density at radius 1 is 1.23 bits per heavy atom. The summed E-state index contributed by atoms with van der Waals surface area (Å²) in [6, 6.07) is 13.2. The average Bonchev–Trinajstić information content (AvgIpc) is 3.52. The Balaban J connectivity index is 1.34. The second-order valence-electron chi connectivity index (χ2n) is 6.96. The van der Waals surface area contributed by atoms with Crippen molar-refractivity contribution in [2.24, 2.45) is 0 Å². The van der Waals surface area contributed by atoms with Gasteiger partial charge in [0.1, 0.15) is 17.0 Å². The molecule has 0 fully saturated rings. The van der Waals surface area contributed by atoms with Gasteiger partial charge in [0.15, 0.2) is 0 Å². The predicted molar refractivity (Wildman–Crippen MR) is 121 cm³/mol. The number of benzene rings is 1. The van der Waals surface area contributed by atoms with Gasteiger partial charge >= 0.3 is 0 Å². The number of fused-ring (bicyclic) bond motifs is 1. The maximum Gasteiger partial charge on any atom is 0.261 e. The van der Waals surface area contributed by atoms with Gasteiger partial charge in [0, 0.05) is 30.5 Å². The van der Waals surface area contributed by atoms with Crippen molar-refractivity contribution >= 4 is 39.1 Å². The molecule has 4 aromatic heterocycles. The molecule has 1 aromatic carbocycles. The topological polar surface area (TPSA) is 77.6 Å². The van der Waals surface area contributed by atoms with Gasteiger partial charge in [0.25, 0.3) is 5.91 Å². The monoisotopic (exact) mass is 448 g/mol. The average molecular weight is 449 g/mol. The highest BCUT2D eigenvalue weighted by Gasteiger charge is 2.18. The maximum atomic E-state index is 12.8. The number of carbonyl (C=O) groups excluding carboxylic acids is 1. The van der Waals surface area contributed by atoms with E-state index in [1.54, 1.807) is 23.4 Å². The third-order valence-electron chi connectivity index (χ3n) is 4.88. The smallest absolute Gasteiger partial charge is 0.261 e. The molecule has 0 saturated heterocycles. The summed E-state index contributed by atoms with van der Waals surface area (Å²) in [4.78, 5) is 22.7. The lowest BCUT2D eigenvalue weighted by Crippen LogP contribution is -2.21. The molecule has 1 amide bonds. The van der Waals surface area contributed by atoms with Crippen molar-refractivity contribution in [2.45, 2.75) is 13.5 Å². The SMILES string of the molecule is Cc1nn(-c2ccccc2Cl)c2sc(C(=O)NCc3ccc(-n4ccnc4)nc3)cc12. The van der Waals surface area contributed by atoms with E-state index in [1.165, 1.54) is 11.3 Å². The molecule has 5 rings (SSSR count). The maximum absolute atomic E-state index is 12.8. The molecule has 0 unspecified atom stereocenters. The number of imidazole rings is 1. The number of carbonyl (C=O) groups is 1. The van der Waals surface area contributed by atoms with Crippen LogP contribution < -0.4 is 5.32 Å². The number of aryl methyl sites for hydroxylation is 1. The molecule has 0 bridgehead atoms. The molecule has 0 aliphatic heterocycles. The number of nitrogens with zero attached hydrogens (tertiary/aromatic N) is 5. The Bertz CT molecular complexity index is 1370. The van der Waals surface area contributed by atoms with E-state index in [2.05, 4.69) is 20.4 Å². The molecule has 7 nitrogen and oxygen atoms in total. The minimum atomic E-state index is -0.134. The molecule has 0 saturated carbocycles. The first kappa shape index (κ1) is 19.5. The van der Waals surface area contributed by atoms with Gasteiger partial charge < -0.3 is 5.32 Å². The summed E-state index contributed by atoms with van der Waals surface area (Å²) >= 11 is 7.75. The number of aromatic nitrogens is 5. The number of nitrogens with one attached hydrogen (secondary N) is 1. The number of hydrogen-bond donors (Lipinski definition) is 1. The van der Waals surface area contributed by atoms with E-state index in [1.807, 2.05) is 60.2 Å². The van der Waals surface area contributed by atoms with Crippen LogP contribution in [0.4, 0.5) is 0 Å². The Kier molecular flexibility index (Phi) is 5.01. The van der Waals surface area contributed by atoms with E-state index in [-0.39, 0.29) is 5.91 Å². The zero-order chi connectivity index (χ0) is 21.4. The van der Waals surface area contributed by atoms with E-state index >= 15 is 0 Å². The predicted octanol–water partition coefficient (Wildman–Crippen LogP) is 4.56. The summed E-state index contributed by atoms with van der Waals surface area (Å²) in [5.74, 6) is 0.640. The lowest BCUT2D eigenvalue weighted by molar-refractivity contribution is 0.0955. The van der Waals surface area contributed by atoms with Crippen LogP contribution in [0.25, 0.3) is 21.7 Å². The molecule has 31 heavy (non-hydrogen) atoms. The summed E-state index contributed by atoms with van der Waals surface area (Å²) in [5.41, 5.74) is 2.56. The van der Waals surface area contributed by atoms with Crippen LogP contribution in [0.15, 0.2) is 67.4 Å². The first-order valence-electron chi connectivity index (χ1n) is 9.55. The van der Waals surface area contributed by atoms with Crippen LogP contribution in [0.3, 0.4) is 0 Å². The molecule has 9 heteroatoms. The molecule has 0 spiro atoms. The Hall–Kier alpha value is -3.49. The number of rotatable bonds is 5. The molecule has 0 aliphatic carbocycles. The number of halogens is 1. The number of hydrogen-bond acceptors (Lipinski definition) is 5. The number of amides is 1. The molecule has 154 valence electrons. The quantitative estimate of drug-likeness (QED) is 0.427. The largest absolute Gasteiger partial charge is 0.347 e. The number of thiophene rings is 1. The fourth-order valence-electron chi connectivity index (χ4n) is 3.28. The molecule has 4 heterocycles. The highest BCUT2D eigenvalue weighted by Crippen LogP contribution is 2.32. The van der Waals surface area contributed by atoms with Gasteiger partial charge in [-0.15, -0.1) is 11.3 Å². The first-order chi connectivity index (χ1) is 15.1. The second-order valence-corrected chi connectivity index (χ2v) is 8.39. The van der Waals surface area contributed by atoms with Crippen molar-refractivity contribution in [2.75, 3.05) is 0 Å². The van der Waals surface area contributed by atoms with E-state index in [9.17, 15) is 4.79 Å². The van der Waals surface area contributed by atoms with Crippen molar-refractivity contribution in [3.8, 4) is 11.5 Å². The Morgan fingerprint density at radius 3 is 2.84 bits per heavy atom. The molecular formula is C22H17ClN6OS. The van der Waals surface area contributed by atoms with Gasteiger partial charge in [-0.25, -0.2) is 14.6 Å². The van der Waals surface area contributed by atoms with Crippen LogP contribution in [-0.4, -0.2) is 30.2 Å². The summed E-state index contributed by atoms with van der Waals surface area (Å²) in [6.07, 6.45) is 6.97. The van der Waals surface area contributed by atoms with Gasteiger partial charge in [0.2, 0.25) is 0 Å². The lowest BCUT2D eigenvalue weighted by Gasteiger charge is -2.06. The lowest BCUT2D eigenvalue weighted by atomic mass is 10.2. The Morgan fingerprint density at radius 2 is 2.10 bits per heavy atom. The van der Waals surface area contributed by atoms with Crippen LogP contribution in [0.1, 0.15) is 20.9 Å². The summed E-state index contributed by atoms with van der Waals surface area (Å²) < 4.78 is 3.62. The highest BCUT2D eigenvalue weighted by molar-refractivity contribution is 7.20. The second kappa shape index (κ2) is 7.98. The molecule has 0 atom stereocenters. The van der Waals surface area contributed by atoms with Gasteiger partial charge in [-0.2, -0.15) is 5.10 Å². The minimum absolute atomic E-state index is 0.134. The van der Waals surface area contributed by atoms with Gasteiger partial charge in [-0.1, -0.05) is 29.8 Å². The summed E-state index contributed by atoms with van der Waals surface area (Å²) in [7, 11) is 0. The van der Waals surface area contributed by atoms with E-state index in [0.29, 0.717) is 16.4 Å². The van der Waals surface area contributed by atoms with Crippen molar-refractivity contribution in [1.82, 2.24) is 29.6 Å². The van der Waals surface area contributed by atoms with Crippen LogP contribution in [-0.2, 0) is 6.54 Å². The zero-order valence-corrected chi connectivity index (χ0v) is 18.1. The fourth-order valence-corrected chi connectivity index (χ4v) is 4.59. The molecular weight excluding hydrogens is 432 g/mol. The molecule has 0 radical (unpaired) electrons. The van der Waals surface area contributed by atoms with E-state index < -0.39 is 0 Å². The van der Waals surface area contributed by atoms with Crippen molar-refractivity contribution < 1.29 is 4.79 Å². The van der Waals surface area contributed by atoms with Crippen LogP contribution >= 0.6 is 22.9 Å². The Labute approximate surface area is 186 Å². The van der Waals surface area contributed by atoms with Gasteiger partial charge in [0.05, 0.1) is 21.3 Å². The van der Waals surface area contributed by atoms with Gasteiger partial charge in [-0.05, 0) is 36.8 Å².